The summed E-state index contributed by atoms with van der Waals surface area (Å²) in [6.45, 7) is 7.73. The number of carbonyl (C=O) groups is 1. The van der Waals surface area contributed by atoms with Crippen molar-refractivity contribution in [2.75, 3.05) is 7.11 Å². The Kier molecular flexibility index (Phi) is 5.12. The van der Waals surface area contributed by atoms with E-state index in [4.69, 9.17) is 4.74 Å². The molecule has 0 spiro atoms. The summed E-state index contributed by atoms with van der Waals surface area (Å²) >= 11 is 0. The molecule has 3 nitrogen and oxygen atoms in total. The lowest BCUT2D eigenvalue weighted by Crippen LogP contribution is -2.26. The topological polar surface area (TPSA) is 46.5 Å². The molecule has 0 amide bonds. The Morgan fingerprint density at radius 1 is 1.42 bits per heavy atom. The van der Waals surface area contributed by atoms with Crippen molar-refractivity contribution < 1.29 is 14.6 Å². The molecule has 0 bridgehead atoms. The number of ketones is 1. The van der Waals surface area contributed by atoms with Gasteiger partial charge in [-0.1, -0.05) is 19.1 Å². The Bertz CT molecular complexity index is 449. The second-order valence-electron chi connectivity index (χ2n) is 5.83. The van der Waals surface area contributed by atoms with Crippen molar-refractivity contribution in [2.24, 2.45) is 0 Å². The van der Waals surface area contributed by atoms with Gasteiger partial charge < -0.3 is 9.84 Å². The van der Waals surface area contributed by atoms with E-state index >= 15 is 0 Å². The minimum Gasteiger partial charge on any atom is -0.508 e. The van der Waals surface area contributed by atoms with E-state index in [9.17, 15) is 9.90 Å². The summed E-state index contributed by atoms with van der Waals surface area (Å²) in [5.41, 5.74) is 1.52. The lowest BCUT2D eigenvalue weighted by atomic mass is 9.90. The number of Topliss-reactive ketones (excluding diaryl/α,β-unsaturated/α-hetero) is 1. The fourth-order valence-corrected chi connectivity index (χ4v) is 2.06. The van der Waals surface area contributed by atoms with E-state index in [0.29, 0.717) is 18.6 Å². The summed E-state index contributed by atoms with van der Waals surface area (Å²) in [4.78, 5) is 12.0. The Hall–Kier alpha value is -1.35. The lowest BCUT2D eigenvalue weighted by Gasteiger charge is -2.22. The van der Waals surface area contributed by atoms with Crippen molar-refractivity contribution >= 4 is 5.78 Å². The lowest BCUT2D eigenvalue weighted by molar-refractivity contribution is -0.124. The number of methoxy groups -OCH3 is 1. The van der Waals surface area contributed by atoms with E-state index < -0.39 is 5.60 Å². The molecule has 0 radical (unpaired) electrons. The summed E-state index contributed by atoms with van der Waals surface area (Å²) in [6, 6.07) is 5.50. The Balaban J connectivity index is 2.66. The zero-order chi connectivity index (χ0) is 14.6. The number of rotatable bonds is 6. The van der Waals surface area contributed by atoms with Gasteiger partial charge in [-0.25, -0.2) is 0 Å². The maximum Gasteiger partial charge on any atom is 0.136 e. The van der Waals surface area contributed by atoms with Gasteiger partial charge in [0.1, 0.15) is 11.5 Å². The number of phenolic OH excluding ortho intramolecular Hbond substituents is 1. The quantitative estimate of drug-likeness (QED) is 0.854. The van der Waals surface area contributed by atoms with Crippen molar-refractivity contribution in [2.45, 2.75) is 52.1 Å². The number of aromatic hydroxyl groups is 1. The zero-order valence-corrected chi connectivity index (χ0v) is 12.5. The molecule has 0 heterocycles. The molecule has 0 aliphatic heterocycles. The predicted octanol–water partition coefficient (Wildman–Crippen LogP) is 3.58. The van der Waals surface area contributed by atoms with Crippen LogP contribution in [0, 0.1) is 6.92 Å². The van der Waals surface area contributed by atoms with Crippen LogP contribution in [0.2, 0.25) is 0 Å². The summed E-state index contributed by atoms with van der Waals surface area (Å²) in [7, 11) is 1.63. The van der Waals surface area contributed by atoms with E-state index in [-0.39, 0.29) is 11.7 Å². The predicted molar refractivity (Wildman–Crippen MR) is 76.6 cm³/mol. The average Bonchev–Trinajstić information content (AvgIpc) is 2.31. The van der Waals surface area contributed by atoms with E-state index in [0.717, 1.165) is 11.1 Å². The smallest absolute Gasteiger partial charge is 0.136 e. The number of benzene rings is 1. The van der Waals surface area contributed by atoms with Gasteiger partial charge in [0.2, 0.25) is 0 Å². The average molecular weight is 264 g/mol. The fraction of sp³-hybridized carbons (Fsp3) is 0.562. The first-order valence-corrected chi connectivity index (χ1v) is 6.61. The van der Waals surface area contributed by atoms with Gasteiger partial charge in [-0.15, -0.1) is 0 Å². The first-order valence-electron chi connectivity index (χ1n) is 6.61. The highest BCUT2D eigenvalue weighted by Gasteiger charge is 2.22. The third-order valence-corrected chi connectivity index (χ3v) is 3.50. The molecular formula is C16H24O3. The van der Waals surface area contributed by atoms with Gasteiger partial charge in [0.05, 0.1) is 5.60 Å². The molecule has 0 aliphatic rings. The van der Waals surface area contributed by atoms with Crippen LogP contribution in [0.25, 0.3) is 0 Å². The van der Waals surface area contributed by atoms with Crippen LogP contribution in [0.15, 0.2) is 18.2 Å². The van der Waals surface area contributed by atoms with Gasteiger partial charge in [0, 0.05) is 20.0 Å². The summed E-state index contributed by atoms with van der Waals surface area (Å²) in [5, 5.41) is 9.51. The van der Waals surface area contributed by atoms with Crippen LogP contribution >= 0.6 is 0 Å². The van der Waals surface area contributed by atoms with Crippen LogP contribution in [0.4, 0.5) is 0 Å². The molecule has 1 atom stereocenters. The van der Waals surface area contributed by atoms with Crippen LogP contribution in [-0.2, 0) is 9.53 Å². The molecular weight excluding hydrogens is 240 g/mol. The molecule has 0 unspecified atom stereocenters. The molecule has 0 saturated heterocycles. The third-order valence-electron chi connectivity index (χ3n) is 3.50. The van der Waals surface area contributed by atoms with Crippen LogP contribution in [-0.4, -0.2) is 23.6 Å². The van der Waals surface area contributed by atoms with Crippen LogP contribution in [0.5, 0.6) is 5.75 Å². The molecule has 106 valence electrons. The number of ether oxygens (including phenoxy) is 1. The number of hydrogen-bond acceptors (Lipinski definition) is 3. The van der Waals surface area contributed by atoms with Crippen LogP contribution < -0.4 is 0 Å². The van der Waals surface area contributed by atoms with Crippen molar-refractivity contribution in [3.05, 3.63) is 29.3 Å². The monoisotopic (exact) mass is 264 g/mol. The van der Waals surface area contributed by atoms with Gasteiger partial charge in [-0.3, -0.25) is 4.79 Å². The molecule has 1 rings (SSSR count). The molecule has 0 saturated carbocycles. The molecule has 1 N–H and O–H groups in total. The van der Waals surface area contributed by atoms with E-state index in [2.05, 4.69) is 0 Å². The van der Waals surface area contributed by atoms with E-state index in [1.165, 1.54) is 0 Å². The van der Waals surface area contributed by atoms with Gasteiger partial charge >= 0.3 is 0 Å². The zero-order valence-electron chi connectivity index (χ0n) is 12.5. The van der Waals surface area contributed by atoms with Crippen molar-refractivity contribution in [3.8, 4) is 5.75 Å². The molecule has 0 fully saturated rings. The molecule has 3 heteroatoms. The van der Waals surface area contributed by atoms with Gasteiger partial charge in [-0.2, -0.15) is 0 Å². The number of hydrogen-bond donors (Lipinski definition) is 1. The number of phenols is 1. The Labute approximate surface area is 115 Å². The Morgan fingerprint density at radius 2 is 2.05 bits per heavy atom. The number of aryl methyl sites for hydroxylation is 1. The Morgan fingerprint density at radius 3 is 2.58 bits per heavy atom. The van der Waals surface area contributed by atoms with Gasteiger partial charge in [-0.05, 0) is 43.9 Å². The fourth-order valence-electron chi connectivity index (χ4n) is 2.06. The highest BCUT2D eigenvalue weighted by Crippen LogP contribution is 2.26. The highest BCUT2D eigenvalue weighted by atomic mass is 16.5. The second-order valence-corrected chi connectivity index (χ2v) is 5.83. The SMILES string of the molecule is COC(C)(C)CC(=O)C[C@H](C)c1ccc(O)c(C)c1. The second kappa shape index (κ2) is 6.20. The minimum atomic E-state index is -0.401. The maximum atomic E-state index is 12.0. The third kappa shape index (κ3) is 4.67. The number of carbonyl (C=O) groups excluding carboxylic acids is 1. The summed E-state index contributed by atoms with van der Waals surface area (Å²) in [5.74, 6) is 0.646. The maximum absolute atomic E-state index is 12.0. The molecule has 0 aromatic heterocycles. The van der Waals surface area contributed by atoms with Crippen molar-refractivity contribution in [3.63, 3.8) is 0 Å². The molecule has 1 aromatic carbocycles. The van der Waals surface area contributed by atoms with E-state index in [1.807, 2.05) is 39.8 Å². The van der Waals surface area contributed by atoms with Crippen molar-refractivity contribution in [1.29, 1.82) is 0 Å². The standard InChI is InChI=1S/C16H24O3/c1-11(9-14(17)10-16(3,4)19-5)13-6-7-15(18)12(2)8-13/h6-8,11,18H,9-10H2,1-5H3/t11-/m0/s1. The van der Waals surface area contributed by atoms with Gasteiger partial charge in [0.15, 0.2) is 0 Å². The molecule has 0 aliphatic carbocycles. The summed E-state index contributed by atoms with van der Waals surface area (Å²) < 4.78 is 5.28. The van der Waals surface area contributed by atoms with E-state index in [1.54, 1.807) is 13.2 Å². The highest BCUT2D eigenvalue weighted by molar-refractivity contribution is 5.80. The van der Waals surface area contributed by atoms with Gasteiger partial charge in [0.25, 0.3) is 0 Å². The largest absolute Gasteiger partial charge is 0.508 e. The normalized spacial score (nSPS) is 13.3. The molecule has 19 heavy (non-hydrogen) atoms. The van der Waals surface area contributed by atoms with Crippen LogP contribution in [0.3, 0.4) is 0 Å². The van der Waals surface area contributed by atoms with Crippen molar-refractivity contribution in [1.82, 2.24) is 0 Å². The first-order chi connectivity index (χ1) is 8.75. The van der Waals surface area contributed by atoms with Crippen LogP contribution in [0.1, 0.15) is 50.7 Å². The minimum absolute atomic E-state index is 0.152. The summed E-state index contributed by atoms with van der Waals surface area (Å²) in [6.07, 6.45) is 0.919. The first kappa shape index (κ1) is 15.7. The molecule has 1 aromatic rings.